The molecule has 0 bridgehead atoms. The Hall–Kier alpha value is -2.41. The van der Waals surface area contributed by atoms with Gasteiger partial charge in [0.15, 0.2) is 17.7 Å². The molecule has 0 unspecified atom stereocenters. The molecule has 2 rings (SSSR count). The van der Waals surface area contributed by atoms with Crippen molar-refractivity contribution < 1.29 is 19.0 Å². The van der Waals surface area contributed by atoms with E-state index in [2.05, 4.69) is 5.32 Å². The van der Waals surface area contributed by atoms with Gasteiger partial charge in [0, 0.05) is 18.7 Å². The third-order valence-electron chi connectivity index (χ3n) is 3.37. The van der Waals surface area contributed by atoms with Crippen LogP contribution in [0.5, 0.6) is 11.5 Å². The molecular weight excluding hydrogens is 328 g/mol. The van der Waals surface area contributed by atoms with Crippen LogP contribution in [0.1, 0.15) is 12.5 Å². The van der Waals surface area contributed by atoms with E-state index in [-0.39, 0.29) is 11.2 Å². The Morgan fingerprint density at radius 1 is 1.25 bits per heavy atom. The van der Waals surface area contributed by atoms with E-state index in [1.807, 2.05) is 12.1 Å². The van der Waals surface area contributed by atoms with E-state index in [1.165, 1.54) is 18.0 Å². The number of nitrogens with one attached hydrogen (secondary N) is 1. The summed E-state index contributed by atoms with van der Waals surface area (Å²) < 4.78 is 11.2. The summed E-state index contributed by atoms with van der Waals surface area (Å²) in [5.41, 5.74) is 0.900. The van der Waals surface area contributed by atoms with Crippen LogP contribution in [0.2, 0.25) is 0 Å². The molecule has 6 nitrogen and oxygen atoms in total. The van der Waals surface area contributed by atoms with Crippen LogP contribution in [0, 0.1) is 5.21 Å². The number of thioether (sulfide) groups is 1. The second-order valence-corrected chi connectivity index (χ2v) is 6.39. The first-order valence-electron chi connectivity index (χ1n) is 7.38. The summed E-state index contributed by atoms with van der Waals surface area (Å²) in [6.45, 7) is 2.14. The van der Waals surface area contributed by atoms with Crippen LogP contribution in [-0.4, -0.2) is 25.4 Å². The number of carbonyl (C=O) groups is 1. The summed E-state index contributed by atoms with van der Waals surface area (Å²) in [4.78, 5) is 12.2. The molecule has 0 spiro atoms. The van der Waals surface area contributed by atoms with E-state index in [0.29, 0.717) is 23.1 Å². The first kappa shape index (κ1) is 17.9. The van der Waals surface area contributed by atoms with Crippen molar-refractivity contribution in [2.24, 2.45) is 0 Å². The van der Waals surface area contributed by atoms with Crippen LogP contribution in [0.15, 0.2) is 47.6 Å². The van der Waals surface area contributed by atoms with Crippen LogP contribution in [0.3, 0.4) is 0 Å². The zero-order valence-electron chi connectivity index (χ0n) is 13.8. The molecule has 7 heteroatoms. The molecule has 0 aliphatic carbocycles. The molecule has 0 aliphatic rings. The first-order valence-corrected chi connectivity index (χ1v) is 8.26. The smallest absolute Gasteiger partial charge is 0.252 e. The van der Waals surface area contributed by atoms with Gasteiger partial charge in [0.1, 0.15) is 0 Å². The lowest BCUT2D eigenvalue weighted by molar-refractivity contribution is -0.645. The molecule has 0 radical (unpaired) electrons. The number of carbonyl (C=O) groups excluding carboxylic acids is 1. The number of hydrogen-bond acceptors (Lipinski definition) is 5. The highest BCUT2D eigenvalue weighted by molar-refractivity contribution is 8.00. The second-order valence-electron chi connectivity index (χ2n) is 5.03. The van der Waals surface area contributed by atoms with E-state index in [9.17, 15) is 10.0 Å². The molecule has 24 heavy (non-hydrogen) atoms. The van der Waals surface area contributed by atoms with Crippen molar-refractivity contribution >= 4 is 17.7 Å². The minimum Gasteiger partial charge on any atom is -0.618 e. The maximum atomic E-state index is 12.2. The maximum absolute atomic E-state index is 12.2. The lowest BCUT2D eigenvalue weighted by Crippen LogP contribution is -2.33. The molecule has 0 saturated heterocycles. The molecular formula is C17H20N2O4S. The fourth-order valence-electron chi connectivity index (χ4n) is 2.06. The highest BCUT2D eigenvalue weighted by Crippen LogP contribution is 2.27. The fraction of sp³-hybridized carbons (Fsp3) is 0.294. The summed E-state index contributed by atoms with van der Waals surface area (Å²) in [6.07, 6.45) is 1.41. The molecule has 1 aromatic carbocycles. The quantitative estimate of drug-likeness (QED) is 0.471. The number of rotatable bonds is 7. The van der Waals surface area contributed by atoms with Gasteiger partial charge in [-0.15, -0.1) is 0 Å². The zero-order chi connectivity index (χ0) is 17.5. The standard InChI is InChI=1S/C17H20N2O4S/c1-12(24-16-6-4-5-9-19(16)21)17(20)18-11-13-7-8-14(22-2)15(10-13)23-3/h4-10,12H,11H2,1-3H3,(H,18,20)/t12-/m1/s1. The van der Waals surface area contributed by atoms with Crippen molar-refractivity contribution in [2.75, 3.05) is 14.2 Å². The van der Waals surface area contributed by atoms with Crippen LogP contribution in [0.4, 0.5) is 0 Å². The lowest BCUT2D eigenvalue weighted by atomic mass is 10.2. The average Bonchev–Trinajstić information content (AvgIpc) is 2.61. The van der Waals surface area contributed by atoms with Gasteiger partial charge in [-0.1, -0.05) is 6.07 Å². The number of benzene rings is 1. The van der Waals surface area contributed by atoms with Crippen molar-refractivity contribution in [3.05, 3.63) is 53.4 Å². The third kappa shape index (κ3) is 4.55. The minimum absolute atomic E-state index is 0.140. The Morgan fingerprint density at radius 2 is 2.00 bits per heavy atom. The molecule has 2 aromatic rings. The minimum atomic E-state index is -0.382. The largest absolute Gasteiger partial charge is 0.618 e. The van der Waals surface area contributed by atoms with Gasteiger partial charge in [0.25, 0.3) is 5.03 Å². The maximum Gasteiger partial charge on any atom is 0.252 e. The van der Waals surface area contributed by atoms with Crippen LogP contribution in [-0.2, 0) is 11.3 Å². The van der Waals surface area contributed by atoms with Gasteiger partial charge in [0.2, 0.25) is 5.91 Å². The van der Waals surface area contributed by atoms with Gasteiger partial charge in [-0.3, -0.25) is 4.79 Å². The highest BCUT2D eigenvalue weighted by atomic mass is 32.2. The Balaban J connectivity index is 1.94. The number of aromatic nitrogens is 1. The molecule has 0 fully saturated rings. The summed E-state index contributed by atoms with van der Waals surface area (Å²) in [7, 11) is 3.14. The Morgan fingerprint density at radius 3 is 2.67 bits per heavy atom. The van der Waals surface area contributed by atoms with Gasteiger partial charge >= 0.3 is 0 Å². The number of methoxy groups -OCH3 is 2. The van der Waals surface area contributed by atoms with Crippen molar-refractivity contribution in [3.8, 4) is 11.5 Å². The third-order valence-corrected chi connectivity index (χ3v) is 4.50. The van der Waals surface area contributed by atoms with Gasteiger partial charge in [-0.05, 0) is 42.4 Å². The number of pyridine rings is 1. The molecule has 0 saturated carbocycles. The number of ether oxygens (including phenoxy) is 2. The van der Waals surface area contributed by atoms with Crippen molar-refractivity contribution in [2.45, 2.75) is 23.7 Å². The predicted octanol–water partition coefficient (Wildman–Crippen LogP) is 2.13. The van der Waals surface area contributed by atoms with Crippen LogP contribution in [0.25, 0.3) is 0 Å². The van der Waals surface area contributed by atoms with Gasteiger partial charge in [-0.25, -0.2) is 0 Å². The summed E-state index contributed by atoms with van der Waals surface area (Å²) in [5.74, 6) is 1.11. The average molecular weight is 348 g/mol. The molecule has 1 aromatic heterocycles. The van der Waals surface area contributed by atoms with Crippen molar-refractivity contribution in [1.29, 1.82) is 0 Å². The van der Waals surface area contributed by atoms with Gasteiger partial charge in [-0.2, -0.15) is 4.73 Å². The SMILES string of the molecule is COc1ccc(CNC(=O)[C@@H](C)Sc2cccc[n+]2[O-])cc1OC. The van der Waals surface area contributed by atoms with Crippen molar-refractivity contribution in [3.63, 3.8) is 0 Å². The first-order chi connectivity index (χ1) is 11.5. The van der Waals surface area contributed by atoms with E-state index in [4.69, 9.17) is 9.47 Å². The number of hydrogen-bond donors (Lipinski definition) is 1. The zero-order valence-corrected chi connectivity index (χ0v) is 14.6. The summed E-state index contributed by atoms with van der Waals surface area (Å²) in [5, 5.41) is 14.6. The molecule has 1 N–H and O–H groups in total. The fourth-order valence-corrected chi connectivity index (χ4v) is 2.94. The Bertz CT molecular complexity index is 709. The Kier molecular flexibility index (Phi) is 6.31. The molecule has 1 atom stereocenters. The van der Waals surface area contributed by atoms with Gasteiger partial charge < -0.3 is 20.0 Å². The molecule has 128 valence electrons. The van der Waals surface area contributed by atoms with Crippen molar-refractivity contribution in [1.82, 2.24) is 5.32 Å². The van der Waals surface area contributed by atoms with E-state index in [0.717, 1.165) is 10.3 Å². The van der Waals surface area contributed by atoms with E-state index in [1.54, 1.807) is 45.4 Å². The highest BCUT2D eigenvalue weighted by Gasteiger charge is 2.18. The summed E-state index contributed by atoms with van der Waals surface area (Å²) in [6, 6.07) is 10.6. The monoisotopic (exact) mass is 348 g/mol. The second kappa shape index (κ2) is 8.44. The number of nitrogens with zero attached hydrogens (tertiary/aromatic N) is 1. The topological polar surface area (TPSA) is 74.5 Å². The number of amides is 1. The molecule has 0 aliphatic heterocycles. The molecule has 1 amide bonds. The Labute approximate surface area is 145 Å². The normalized spacial score (nSPS) is 11.6. The van der Waals surface area contributed by atoms with E-state index >= 15 is 0 Å². The van der Waals surface area contributed by atoms with E-state index < -0.39 is 0 Å². The van der Waals surface area contributed by atoms with Gasteiger partial charge in [0.05, 0.1) is 19.5 Å². The lowest BCUT2D eigenvalue weighted by Gasteiger charge is -2.13. The summed E-state index contributed by atoms with van der Waals surface area (Å²) >= 11 is 1.22. The van der Waals surface area contributed by atoms with Crippen LogP contribution < -0.4 is 19.5 Å². The van der Waals surface area contributed by atoms with Crippen LogP contribution >= 0.6 is 11.8 Å². The predicted molar refractivity (Wildman–Crippen MR) is 92.1 cm³/mol. The molecule has 1 heterocycles.